The molecule has 21 heavy (non-hydrogen) atoms. The molecule has 6 heteroatoms. The minimum atomic E-state index is -0.876. The number of aliphatic carboxylic acids is 1. The van der Waals surface area contributed by atoms with Crippen molar-refractivity contribution in [2.24, 2.45) is 0 Å². The summed E-state index contributed by atoms with van der Waals surface area (Å²) >= 11 is 1.20. The maximum absolute atomic E-state index is 11.6. The molecule has 5 nitrogen and oxygen atoms in total. The third kappa shape index (κ3) is 3.05. The Morgan fingerprint density at radius 2 is 2.24 bits per heavy atom. The zero-order valence-corrected chi connectivity index (χ0v) is 12.5. The van der Waals surface area contributed by atoms with Crippen LogP contribution in [0.2, 0.25) is 0 Å². The Bertz CT molecular complexity index is 652. The lowest BCUT2D eigenvalue weighted by molar-refractivity contribution is -0.138. The number of nitrogens with zero attached hydrogens (tertiary/aromatic N) is 2. The second kappa shape index (κ2) is 5.81. The van der Waals surface area contributed by atoms with Crippen molar-refractivity contribution in [3.8, 4) is 5.75 Å². The highest BCUT2D eigenvalue weighted by atomic mass is 32.1. The van der Waals surface area contributed by atoms with E-state index in [1.54, 1.807) is 7.11 Å². The highest BCUT2D eigenvalue weighted by Gasteiger charge is 2.31. The van der Waals surface area contributed by atoms with E-state index in [-0.39, 0.29) is 0 Å². The molecular formula is C15H16N2O3S. The number of ether oxygens (including phenoxy) is 1. The maximum atomic E-state index is 11.6. The fourth-order valence-electron chi connectivity index (χ4n) is 2.27. The van der Waals surface area contributed by atoms with E-state index in [4.69, 9.17) is 4.74 Å². The number of benzene rings is 1. The number of aromatic nitrogens is 2. The van der Waals surface area contributed by atoms with E-state index >= 15 is 0 Å². The van der Waals surface area contributed by atoms with Gasteiger partial charge in [-0.1, -0.05) is 18.2 Å². The lowest BCUT2D eigenvalue weighted by Gasteiger charge is -2.12. The van der Waals surface area contributed by atoms with Gasteiger partial charge in [0.05, 0.1) is 7.11 Å². The Kier molecular flexibility index (Phi) is 3.88. The highest BCUT2D eigenvalue weighted by Crippen LogP contribution is 2.39. The standard InChI is InChI=1S/C15H16N2O3S/c1-20-12-5-3-2-4-10(12)8-11(15(18)19)14-16-13(17-21-14)9-6-7-9/h2-5,9,11H,6-8H2,1H3,(H,18,19). The summed E-state index contributed by atoms with van der Waals surface area (Å²) < 4.78 is 9.59. The number of carbonyl (C=O) groups is 1. The summed E-state index contributed by atoms with van der Waals surface area (Å²) in [6, 6.07) is 7.47. The fourth-order valence-corrected chi connectivity index (χ4v) is 3.09. The van der Waals surface area contributed by atoms with E-state index in [1.807, 2.05) is 24.3 Å². The largest absolute Gasteiger partial charge is 0.496 e. The highest BCUT2D eigenvalue weighted by molar-refractivity contribution is 7.05. The molecule has 1 N–H and O–H groups in total. The molecule has 1 unspecified atom stereocenters. The Balaban J connectivity index is 1.85. The van der Waals surface area contributed by atoms with E-state index in [0.717, 1.165) is 24.2 Å². The first-order chi connectivity index (χ1) is 10.2. The number of carboxylic acids is 1. The van der Waals surface area contributed by atoms with Crippen LogP contribution in [0.5, 0.6) is 5.75 Å². The van der Waals surface area contributed by atoms with Gasteiger partial charge in [0.25, 0.3) is 0 Å². The Morgan fingerprint density at radius 3 is 2.90 bits per heavy atom. The van der Waals surface area contributed by atoms with Crippen molar-refractivity contribution in [3.05, 3.63) is 40.7 Å². The van der Waals surface area contributed by atoms with Crippen LogP contribution in [-0.2, 0) is 11.2 Å². The number of para-hydroxylation sites is 1. The van der Waals surface area contributed by atoms with Gasteiger partial charge < -0.3 is 9.84 Å². The molecule has 0 spiro atoms. The average Bonchev–Trinajstić information content (AvgIpc) is 3.23. The molecule has 1 aromatic heterocycles. The first-order valence-electron chi connectivity index (χ1n) is 6.87. The topological polar surface area (TPSA) is 72.3 Å². The third-order valence-corrected chi connectivity index (χ3v) is 4.45. The smallest absolute Gasteiger partial charge is 0.313 e. The van der Waals surface area contributed by atoms with Gasteiger partial charge >= 0.3 is 5.97 Å². The molecule has 0 amide bonds. The van der Waals surface area contributed by atoms with Crippen LogP contribution in [0, 0.1) is 0 Å². The molecular weight excluding hydrogens is 288 g/mol. The SMILES string of the molecule is COc1ccccc1CC(C(=O)O)c1nc(C2CC2)ns1. The van der Waals surface area contributed by atoms with Gasteiger partial charge in [-0.25, -0.2) is 4.98 Å². The monoisotopic (exact) mass is 304 g/mol. The average molecular weight is 304 g/mol. The molecule has 0 radical (unpaired) electrons. The van der Waals surface area contributed by atoms with Crippen molar-refractivity contribution in [3.63, 3.8) is 0 Å². The minimum absolute atomic E-state index is 0.360. The summed E-state index contributed by atoms with van der Waals surface area (Å²) in [5.74, 6) is 0.401. The van der Waals surface area contributed by atoms with E-state index < -0.39 is 11.9 Å². The van der Waals surface area contributed by atoms with Crippen molar-refractivity contribution in [1.29, 1.82) is 0 Å². The Hall–Kier alpha value is -1.95. The quantitative estimate of drug-likeness (QED) is 0.888. The molecule has 1 heterocycles. The second-order valence-corrected chi connectivity index (χ2v) is 5.96. The number of hydrogen-bond acceptors (Lipinski definition) is 5. The molecule has 1 aliphatic carbocycles. The summed E-state index contributed by atoms with van der Waals surface area (Å²) in [6.07, 6.45) is 2.58. The molecule has 0 bridgehead atoms. The molecule has 0 aliphatic heterocycles. The van der Waals surface area contributed by atoms with Crippen LogP contribution in [0.4, 0.5) is 0 Å². The summed E-state index contributed by atoms with van der Waals surface area (Å²) in [7, 11) is 1.59. The number of methoxy groups -OCH3 is 1. The van der Waals surface area contributed by atoms with Crippen molar-refractivity contribution in [2.45, 2.75) is 31.1 Å². The van der Waals surface area contributed by atoms with Gasteiger partial charge in [-0.2, -0.15) is 4.37 Å². The molecule has 1 aromatic carbocycles. The molecule has 1 atom stereocenters. The molecule has 3 rings (SSSR count). The van der Waals surface area contributed by atoms with Gasteiger partial charge in [0.1, 0.15) is 22.5 Å². The molecule has 110 valence electrons. The van der Waals surface area contributed by atoms with Gasteiger partial charge in [-0.3, -0.25) is 4.79 Å². The number of carboxylic acid groups (broad SMARTS) is 1. The van der Waals surface area contributed by atoms with Gasteiger partial charge in [-0.05, 0) is 42.4 Å². The van der Waals surface area contributed by atoms with Gasteiger partial charge in [0, 0.05) is 5.92 Å². The van der Waals surface area contributed by atoms with Gasteiger partial charge in [0.15, 0.2) is 0 Å². The number of hydrogen-bond donors (Lipinski definition) is 1. The van der Waals surface area contributed by atoms with Crippen LogP contribution in [0.15, 0.2) is 24.3 Å². The predicted octanol–water partition coefficient (Wildman–Crippen LogP) is 2.84. The van der Waals surface area contributed by atoms with Crippen LogP contribution >= 0.6 is 11.5 Å². The van der Waals surface area contributed by atoms with E-state index in [0.29, 0.717) is 23.1 Å². The first kappa shape index (κ1) is 14.0. The van der Waals surface area contributed by atoms with Crippen LogP contribution in [0.1, 0.15) is 41.1 Å². The molecule has 0 saturated heterocycles. The summed E-state index contributed by atoms with van der Waals surface area (Å²) in [5.41, 5.74) is 0.871. The number of rotatable bonds is 6. The normalized spacial score (nSPS) is 15.7. The lowest BCUT2D eigenvalue weighted by atomic mass is 9.99. The molecule has 1 saturated carbocycles. The molecule has 1 aliphatic rings. The van der Waals surface area contributed by atoms with Crippen LogP contribution in [0.25, 0.3) is 0 Å². The summed E-state index contributed by atoms with van der Waals surface area (Å²) in [5, 5.41) is 10.1. The van der Waals surface area contributed by atoms with Gasteiger partial charge in [0.2, 0.25) is 0 Å². The molecule has 1 fully saturated rings. The van der Waals surface area contributed by atoms with Crippen LogP contribution < -0.4 is 4.74 Å². The Morgan fingerprint density at radius 1 is 1.48 bits per heavy atom. The third-order valence-electron chi connectivity index (χ3n) is 3.61. The van der Waals surface area contributed by atoms with Gasteiger partial charge in [-0.15, -0.1) is 0 Å². The summed E-state index contributed by atoms with van der Waals surface area (Å²) in [6.45, 7) is 0. The van der Waals surface area contributed by atoms with E-state index in [9.17, 15) is 9.90 Å². The first-order valence-corrected chi connectivity index (χ1v) is 7.64. The Labute approximate surface area is 126 Å². The van der Waals surface area contributed by atoms with Crippen LogP contribution in [0.3, 0.4) is 0 Å². The lowest BCUT2D eigenvalue weighted by Crippen LogP contribution is -2.15. The maximum Gasteiger partial charge on any atom is 0.313 e. The zero-order valence-electron chi connectivity index (χ0n) is 11.7. The van der Waals surface area contributed by atoms with E-state index in [1.165, 1.54) is 11.5 Å². The fraction of sp³-hybridized carbons (Fsp3) is 0.400. The summed E-state index contributed by atoms with van der Waals surface area (Å²) in [4.78, 5) is 16.0. The van der Waals surface area contributed by atoms with Crippen molar-refractivity contribution >= 4 is 17.5 Å². The van der Waals surface area contributed by atoms with Crippen LogP contribution in [-0.4, -0.2) is 27.5 Å². The van der Waals surface area contributed by atoms with Crippen molar-refractivity contribution < 1.29 is 14.6 Å². The van der Waals surface area contributed by atoms with Crippen molar-refractivity contribution in [1.82, 2.24) is 9.36 Å². The second-order valence-electron chi connectivity index (χ2n) is 5.17. The molecule has 2 aromatic rings. The van der Waals surface area contributed by atoms with Crippen molar-refractivity contribution in [2.75, 3.05) is 7.11 Å². The minimum Gasteiger partial charge on any atom is -0.496 e. The zero-order chi connectivity index (χ0) is 14.8. The van der Waals surface area contributed by atoms with E-state index in [2.05, 4.69) is 9.36 Å². The predicted molar refractivity (Wildman–Crippen MR) is 79.0 cm³/mol.